The molecule has 2 aliphatic rings. The second kappa shape index (κ2) is 7.06. The van der Waals surface area contributed by atoms with Crippen LogP contribution in [0.15, 0.2) is 35.4 Å². The second-order valence-corrected chi connectivity index (χ2v) is 8.83. The number of ether oxygens (including phenoxy) is 1. The molecule has 1 saturated heterocycles. The zero-order valence-electron chi connectivity index (χ0n) is 15.4. The number of rotatable bonds is 4. The number of fused-ring (bicyclic) bond motifs is 2. The summed E-state index contributed by atoms with van der Waals surface area (Å²) in [5.74, 6) is -0.862. The molecular formula is C19H21N3O5S. The molecular weight excluding hydrogens is 382 g/mol. The van der Waals surface area contributed by atoms with Crippen LogP contribution in [0.4, 0.5) is 5.69 Å². The molecule has 1 fully saturated rings. The van der Waals surface area contributed by atoms with Gasteiger partial charge in [-0.25, -0.2) is 12.4 Å². The lowest BCUT2D eigenvalue weighted by molar-refractivity contribution is 0.0906. The molecule has 148 valence electrons. The fraction of sp³-hybridized carbons (Fsp3) is 0.368. The molecule has 2 N–H and O–H groups in total. The lowest BCUT2D eigenvalue weighted by Crippen LogP contribution is -2.27. The van der Waals surface area contributed by atoms with E-state index in [2.05, 4.69) is 10.6 Å². The summed E-state index contributed by atoms with van der Waals surface area (Å²) in [6, 6.07) is 5.71. The largest absolute Gasteiger partial charge is 0.378 e. The Bertz CT molecular complexity index is 1050. The average molecular weight is 403 g/mol. The summed E-state index contributed by atoms with van der Waals surface area (Å²) in [6.07, 6.45) is 4.36. The van der Waals surface area contributed by atoms with Gasteiger partial charge in [-0.15, -0.1) is 0 Å². The third kappa shape index (κ3) is 3.31. The summed E-state index contributed by atoms with van der Waals surface area (Å²) >= 11 is 0. The lowest BCUT2D eigenvalue weighted by Gasteiger charge is -2.12. The molecule has 2 aromatic rings. The van der Waals surface area contributed by atoms with Crippen LogP contribution in [0, 0.1) is 6.92 Å². The van der Waals surface area contributed by atoms with Crippen molar-refractivity contribution >= 4 is 27.5 Å². The van der Waals surface area contributed by atoms with Crippen LogP contribution in [0.25, 0.3) is 0 Å². The van der Waals surface area contributed by atoms with E-state index in [4.69, 9.17) is 4.74 Å². The zero-order chi connectivity index (χ0) is 19.9. The summed E-state index contributed by atoms with van der Waals surface area (Å²) in [5.41, 5.74) is 1.08. The number of hydrogen-bond acceptors (Lipinski definition) is 5. The Hall–Kier alpha value is -2.65. The van der Waals surface area contributed by atoms with Crippen LogP contribution in [0.5, 0.6) is 0 Å². The van der Waals surface area contributed by atoms with Crippen LogP contribution < -0.4 is 10.6 Å². The van der Waals surface area contributed by atoms with E-state index < -0.39 is 15.9 Å². The number of carbonyl (C=O) groups is 2. The van der Waals surface area contributed by atoms with Crippen LogP contribution in [0.3, 0.4) is 0 Å². The van der Waals surface area contributed by atoms with Crippen LogP contribution >= 0.6 is 0 Å². The molecule has 2 aliphatic heterocycles. The molecule has 2 amide bonds. The van der Waals surface area contributed by atoms with Crippen LogP contribution in [0.1, 0.15) is 45.7 Å². The molecule has 9 heteroatoms. The smallest absolute Gasteiger partial charge is 0.273 e. The Morgan fingerprint density at radius 1 is 1.36 bits per heavy atom. The Labute approximate surface area is 162 Å². The number of aromatic nitrogens is 1. The van der Waals surface area contributed by atoms with E-state index >= 15 is 0 Å². The number of amides is 2. The Morgan fingerprint density at radius 3 is 2.93 bits per heavy atom. The summed E-state index contributed by atoms with van der Waals surface area (Å²) < 4.78 is 32.4. The Morgan fingerprint density at radius 2 is 2.18 bits per heavy atom. The molecule has 0 saturated carbocycles. The first-order valence-electron chi connectivity index (χ1n) is 9.16. The van der Waals surface area contributed by atoms with Gasteiger partial charge in [0.05, 0.1) is 11.8 Å². The molecule has 1 atom stereocenters. The van der Waals surface area contributed by atoms with Gasteiger partial charge in [0.2, 0.25) is 0 Å². The summed E-state index contributed by atoms with van der Waals surface area (Å²) in [4.78, 5) is 24.8. The Kier molecular flexibility index (Phi) is 4.72. The molecule has 8 nitrogen and oxygen atoms in total. The highest BCUT2D eigenvalue weighted by molar-refractivity contribution is 7.90. The van der Waals surface area contributed by atoms with Gasteiger partial charge in [0.25, 0.3) is 21.8 Å². The fourth-order valence-corrected chi connectivity index (χ4v) is 5.08. The van der Waals surface area contributed by atoms with Gasteiger partial charge in [0, 0.05) is 24.9 Å². The van der Waals surface area contributed by atoms with Crippen molar-refractivity contribution in [2.24, 2.45) is 0 Å². The first-order chi connectivity index (χ1) is 13.4. The van der Waals surface area contributed by atoms with Crippen molar-refractivity contribution in [3.05, 3.63) is 47.3 Å². The SMILES string of the molecule is Cc1cc2n(c1)S(=O)(=O)c1ccc(C(=O)NCC[C@@H]3CCCO3)cc1NC2=O. The summed E-state index contributed by atoms with van der Waals surface area (Å²) in [7, 11) is -3.94. The quantitative estimate of drug-likeness (QED) is 0.811. The maximum atomic E-state index is 12.9. The molecule has 1 aromatic heterocycles. The molecule has 0 radical (unpaired) electrons. The maximum Gasteiger partial charge on any atom is 0.273 e. The van der Waals surface area contributed by atoms with E-state index in [1.807, 2.05) is 0 Å². The molecule has 1 aromatic carbocycles. The molecule has 0 spiro atoms. The monoisotopic (exact) mass is 403 g/mol. The first-order valence-corrected chi connectivity index (χ1v) is 10.6. The van der Waals surface area contributed by atoms with Crippen LogP contribution in [-0.4, -0.2) is 43.5 Å². The third-order valence-corrected chi connectivity index (χ3v) is 6.69. The van der Waals surface area contributed by atoms with Crippen molar-refractivity contribution in [2.75, 3.05) is 18.5 Å². The van der Waals surface area contributed by atoms with Crippen molar-refractivity contribution in [2.45, 2.75) is 37.2 Å². The highest BCUT2D eigenvalue weighted by atomic mass is 32.2. The highest BCUT2D eigenvalue weighted by Gasteiger charge is 2.31. The molecule has 4 rings (SSSR count). The van der Waals surface area contributed by atoms with E-state index in [1.54, 1.807) is 6.92 Å². The second-order valence-electron chi connectivity index (χ2n) is 7.05. The number of carbonyl (C=O) groups excluding carboxylic acids is 2. The molecule has 0 unspecified atom stereocenters. The van der Waals surface area contributed by atoms with Gasteiger partial charge < -0.3 is 15.4 Å². The van der Waals surface area contributed by atoms with Crippen molar-refractivity contribution in [1.29, 1.82) is 0 Å². The van der Waals surface area contributed by atoms with Crippen LogP contribution in [-0.2, 0) is 14.8 Å². The highest BCUT2D eigenvalue weighted by Crippen LogP contribution is 2.30. The first kappa shape index (κ1) is 18.7. The minimum atomic E-state index is -3.94. The lowest BCUT2D eigenvalue weighted by atomic mass is 10.1. The number of benzene rings is 1. The summed E-state index contributed by atoms with van der Waals surface area (Å²) in [5, 5.41) is 5.42. The topological polar surface area (TPSA) is 106 Å². The van der Waals surface area contributed by atoms with Crippen LogP contribution in [0.2, 0.25) is 0 Å². The van der Waals surface area contributed by atoms with Gasteiger partial charge in [-0.2, -0.15) is 0 Å². The minimum absolute atomic E-state index is 0.0382. The number of aryl methyl sites for hydroxylation is 1. The molecule has 0 aliphatic carbocycles. The van der Waals surface area contributed by atoms with Crippen molar-refractivity contribution in [3.63, 3.8) is 0 Å². The predicted molar refractivity (Wildman–Crippen MR) is 102 cm³/mol. The van der Waals surface area contributed by atoms with E-state index in [9.17, 15) is 18.0 Å². The minimum Gasteiger partial charge on any atom is -0.378 e. The van der Waals surface area contributed by atoms with Crippen molar-refractivity contribution < 1.29 is 22.7 Å². The normalized spacial score (nSPS) is 20.0. The summed E-state index contributed by atoms with van der Waals surface area (Å²) in [6.45, 7) is 2.95. The van der Waals surface area contributed by atoms with Gasteiger partial charge in [-0.05, 0) is 56.0 Å². The predicted octanol–water partition coefficient (Wildman–Crippen LogP) is 1.90. The molecule has 3 heterocycles. The maximum absolute atomic E-state index is 12.9. The standard InChI is InChI=1S/C19H21N3O5S/c1-12-9-16-19(24)21-15-10-13(4-5-17(15)28(25,26)22(16)11-12)18(23)20-7-6-14-3-2-8-27-14/h4-5,9-11,14H,2-3,6-8H2,1H3,(H,20,23)(H,21,24)/t14-/m0/s1. The number of nitrogens with zero attached hydrogens (tertiary/aromatic N) is 1. The number of hydrogen-bond donors (Lipinski definition) is 2. The fourth-order valence-electron chi connectivity index (χ4n) is 3.54. The molecule has 28 heavy (non-hydrogen) atoms. The Balaban J connectivity index is 1.57. The van der Waals surface area contributed by atoms with E-state index in [0.717, 1.165) is 29.8 Å². The molecule has 0 bridgehead atoms. The van der Waals surface area contributed by atoms with Gasteiger partial charge in [-0.1, -0.05) is 0 Å². The van der Waals surface area contributed by atoms with Crippen molar-refractivity contribution in [3.8, 4) is 0 Å². The zero-order valence-corrected chi connectivity index (χ0v) is 16.2. The van der Waals surface area contributed by atoms with Crippen molar-refractivity contribution in [1.82, 2.24) is 9.29 Å². The van der Waals surface area contributed by atoms with Gasteiger partial charge in [0.1, 0.15) is 10.6 Å². The van der Waals surface area contributed by atoms with E-state index in [-0.39, 0.29) is 33.9 Å². The number of nitrogens with one attached hydrogen (secondary N) is 2. The van der Waals surface area contributed by atoms with Gasteiger partial charge in [-0.3, -0.25) is 9.59 Å². The van der Waals surface area contributed by atoms with Gasteiger partial charge >= 0.3 is 0 Å². The van der Waals surface area contributed by atoms with Gasteiger partial charge in [0.15, 0.2) is 0 Å². The van der Waals surface area contributed by atoms with E-state index in [0.29, 0.717) is 12.1 Å². The van der Waals surface area contributed by atoms with E-state index in [1.165, 1.54) is 30.5 Å². The number of anilines is 1. The third-order valence-electron chi connectivity index (χ3n) is 4.96. The average Bonchev–Trinajstić information content (AvgIpc) is 3.29.